The number of ether oxygens (including phenoxy) is 1. The van der Waals surface area contributed by atoms with E-state index in [1.165, 1.54) is 24.3 Å². The largest absolute Gasteiger partial charge is 0.485 e. The topological polar surface area (TPSA) is 99.7 Å². The maximum Gasteiger partial charge on any atom is 0.339 e. The first-order valence-electron chi connectivity index (χ1n) is 9.43. The Labute approximate surface area is 166 Å². The van der Waals surface area contributed by atoms with Crippen LogP contribution in [0.1, 0.15) is 39.9 Å². The fourth-order valence-corrected chi connectivity index (χ4v) is 3.75. The number of ketones is 1. The van der Waals surface area contributed by atoms with Crippen molar-refractivity contribution in [1.82, 2.24) is 0 Å². The van der Waals surface area contributed by atoms with Crippen LogP contribution in [0.3, 0.4) is 0 Å². The lowest BCUT2D eigenvalue weighted by molar-refractivity contribution is -0.384. The van der Waals surface area contributed by atoms with E-state index in [9.17, 15) is 19.7 Å². The Morgan fingerprint density at radius 3 is 2.69 bits per heavy atom. The number of Topliss-reactive ketones (excluding diaryl/α,β-unsaturated/α-hetero) is 1. The first kappa shape index (κ1) is 18.9. The van der Waals surface area contributed by atoms with Crippen molar-refractivity contribution in [2.45, 2.75) is 32.6 Å². The number of aryl methyl sites for hydroxylation is 2. The van der Waals surface area contributed by atoms with E-state index in [4.69, 9.17) is 9.15 Å². The molecule has 0 spiro atoms. The number of fused-ring (bicyclic) bond motifs is 3. The van der Waals surface area contributed by atoms with E-state index in [-0.39, 0.29) is 29.3 Å². The lowest BCUT2D eigenvalue weighted by Gasteiger charge is -2.17. The number of nitrogens with zero attached hydrogens (tertiary/aromatic N) is 1. The van der Waals surface area contributed by atoms with Crippen molar-refractivity contribution in [1.29, 1.82) is 0 Å². The van der Waals surface area contributed by atoms with Crippen molar-refractivity contribution in [3.05, 3.63) is 79.2 Å². The Balaban J connectivity index is 1.63. The third-order valence-corrected chi connectivity index (χ3v) is 5.26. The molecule has 2 aromatic carbocycles. The molecule has 29 heavy (non-hydrogen) atoms. The van der Waals surface area contributed by atoms with Crippen LogP contribution in [-0.2, 0) is 12.8 Å². The summed E-state index contributed by atoms with van der Waals surface area (Å²) < 4.78 is 11.2. The summed E-state index contributed by atoms with van der Waals surface area (Å²) >= 11 is 0. The molecule has 7 heteroatoms. The Hall–Kier alpha value is -3.48. The molecule has 1 aliphatic rings. The van der Waals surface area contributed by atoms with Crippen LogP contribution in [0.15, 0.2) is 45.6 Å². The SMILES string of the molecule is Cc1cc2oc(=O)c3c(c2cc1OCC(=O)c1cccc([N+](=O)[O-])c1)CCCC3. The minimum Gasteiger partial charge on any atom is -0.485 e. The van der Waals surface area contributed by atoms with Gasteiger partial charge in [0.1, 0.15) is 11.3 Å². The first-order valence-corrected chi connectivity index (χ1v) is 9.43. The molecule has 0 unspecified atom stereocenters. The lowest BCUT2D eigenvalue weighted by atomic mass is 9.90. The van der Waals surface area contributed by atoms with E-state index in [0.29, 0.717) is 17.8 Å². The van der Waals surface area contributed by atoms with Gasteiger partial charge in [0.15, 0.2) is 12.4 Å². The molecule has 0 saturated heterocycles. The van der Waals surface area contributed by atoms with Gasteiger partial charge < -0.3 is 9.15 Å². The van der Waals surface area contributed by atoms with Crippen LogP contribution < -0.4 is 10.4 Å². The van der Waals surface area contributed by atoms with Crippen molar-refractivity contribution in [3.63, 3.8) is 0 Å². The Bertz CT molecular complexity index is 1190. The molecule has 1 aliphatic carbocycles. The van der Waals surface area contributed by atoms with Crippen LogP contribution in [0.5, 0.6) is 5.75 Å². The zero-order valence-corrected chi connectivity index (χ0v) is 15.9. The molecule has 0 N–H and O–H groups in total. The molecule has 1 heterocycles. The fraction of sp³-hybridized carbons (Fsp3) is 0.273. The van der Waals surface area contributed by atoms with Gasteiger partial charge in [-0.1, -0.05) is 12.1 Å². The molecule has 0 atom stereocenters. The lowest BCUT2D eigenvalue weighted by Crippen LogP contribution is -2.16. The molecule has 0 aliphatic heterocycles. The van der Waals surface area contributed by atoms with Crippen molar-refractivity contribution in [2.75, 3.05) is 6.61 Å². The smallest absolute Gasteiger partial charge is 0.339 e. The van der Waals surface area contributed by atoms with Crippen molar-refractivity contribution >= 4 is 22.4 Å². The average Bonchev–Trinajstić information content (AvgIpc) is 2.72. The van der Waals surface area contributed by atoms with Crippen LogP contribution >= 0.6 is 0 Å². The van der Waals surface area contributed by atoms with Gasteiger partial charge in [-0.3, -0.25) is 14.9 Å². The zero-order chi connectivity index (χ0) is 20.5. The van der Waals surface area contributed by atoms with Gasteiger partial charge in [-0.05, 0) is 55.9 Å². The van der Waals surface area contributed by atoms with Crippen molar-refractivity contribution in [2.24, 2.45) is 0 Å². The molecular weight excluding hydrogens is 374 g/mol. The Morgan fingerprint density at radius 2 is 1.93 bits per heavy atom. The Morgan fingerprint density at radius 1 is 1.17 bits per heavy atom. The van der Waals surface area contributed by atoms with Gasteiger partial charge in [-0.2, -0.15) is 0 Å². The summed E-state index contributed by atoms with van der Waals surface area (Å²) in [6.45, 7) is 1.57. The van der Waals surface area contributed by atoms with Crippen molar-refractivity contribution in [3.8, 4) is 5.75 Å². The second-order valence-corrected chi connectivity index (χ2v) is 7.19. The third kappa shape index (κ3) is 3.63. The molecule has 148 valence electrons. The highest BCUT2D eigenvalue weighted by atomic mass is 16.6. The molecular formula is C22H19NO6. The second-order valence-electron chi connectivity index (χ2n) is 7.19. The molecule has 0 amide bonds. The van der Waals surface area contributed by atoms with E-state index in [2.05, 4.69) is 0 Å². The molecule has 1 aromatic heterocycles. The number of rotatable bonds is 5. The molecule has 0 bridgehead atoms. The highest BCUT2D eigenvalue weighted by Gasteiger charge is 2.20. The van der Waals surface area contributed by atoms with Crippen LogP contribution in [0, 0.1) is 17.0 Å². The van der Waals surface area contributed by atoms with Gasteiger partial charge in [-0.25, -0.2) is 4.79 Å². The van der Waals surface area contributed by atoms with Gasteiger partial charge >= 0.3 is 5.63 Å². The third-order valence-electron chi connectivity index (χ3n) is 5.26. The summed E-state index contributed by atoms with van der Waals surface area (Å²) in [5.74, 6) is 0.174. The Kier molecular flexibility index (Phi) is 4.88. The van der Waals surface area contributed by atoms with Crippen LogP contribution in [-0.4, -0.2) is 17.3 Å². The highest BCUT2D eigenvalue weighted by molar-refractivity contribution is 5.97. The number of non-ortho nitro benzene ring substituents is 1. The number of benzene rings is 2. The normalized spacial score (nSPS) is 13.1. The van der Waals surface area contributed by atoms with E-state index in [1.807, 2.05) is 13.0 Å². The summed E-state index contributed by atoms with van der Waals surface area (Å²) in [5.41, 5.74) is 2.79. The summed E-state index contributed by atoms with van der Waals surface area (Å²) in [7, 11) is 0. The van der Waals surface area contributed by atoms with E-state index >= 15 is 0 Å². The molecule has 0 radical (unpaired) electrons. The fourth-order valence-electron chi connectivity index (χ4n) is 3.75. The summed E-state index contributed by atoms with van der Waals surface area (Å²) in [4.78, 5) is 35.0. The van der Waals surface area contributed by atoms with Crippen LogP contribution in [0.25, 0.3) is 11.0 Å². The van der Waals surface area contributed by atoms with Gasteiger partial charge in [0, 0.05) is 28.6 Å². The molecule has 4 rings (SSSR count). The standard InChI is InChI=1S/C22H19NO6/c1-13-9-21-18(16-7-2-3-8-17(16)22(25)29-21)11-20(13)28-12-19(24)14-5-4-6-15(10-14)23(26)27/h4-6,9-11H,2-3,7-8,12H2,1H3. The minimum atomic E-state index is -0.540. The molecule has 7 nitrogen and oxygen atoms in total. The second kappa shape index (κ2) is 7.50. The van der Waals surface area contributed by atoms with Gasteiger partial charge in [0.25, 0.3) is 5.69 Å². The van der Waals surface area contributed by atoms with Gasteiger partial charge in [-0.15, -0.1) is 0 Å². The number of nitro benzene ring substituents is 1. The number of nitro groups is 1. The van der Waals surface area contributed by atoms with E-state index in [1.54, 1.807) is 6.07 Å². The van der Waals surface area contributed by atoms with Crippen LogP contribution in [0.2, 0.25) is 0 Å². The van der Waals surface area contributed by atoms with E-state index in [0.717, 1.165) is 41.3 Å². The summed E-state index contributed by atoms with van der Waals surface area (Å²) in [6.07, 6.45) is 3.51. The first-order chi connectivity index (χ1) is 13.9. The zero-order valence-electron chi connectivity index (χ0n) is 15.9. The quantitative estimate of drug-likeness (QED) is 0.279. The number of carbonyl (C=O) groups excluding carboxylic acids is 1. The monoisotopic (exact) mass is 393 g/mol. The number of hydrogen-bond acceptors (Lipinski definition) is 6. The average molecular weight is 393 g/mol. The number of hydrogen-bond donors (Lipinski definition) is 0. The number of carbonyl (C=O) groups is 1. The molecule has 0 saturated carbocycles. The maximum atomic E-state index is 12.4. The van der Waals surface area contributed by atoms with Crippen LogP contribution in [0.4, 0.5) is 5.69 Å². The van der Waals surface area contributed by atoms with Gasteiger partial charge in [0.05, 0.1) is 4.92 Å². The van der Waals surface area contributed by atoms with E-state index < -0.39 is 4.92 Å². The minimum absolute atomic E-state index is 0.139. The highest BCUT2D eigenvalue weighted by Crippen LogP contribution is 2.31. The molecule has 3 aromatic rings. The predicted octanol–water partition coefficient (Wildman–Crippen LogP) is 4.15. The predicted molar refractivity (Wildman–Crippen MR) is 107 cm³/mol. The summed E-state index contributed by atoms with van der Waals surface area (Å²) in [6, 6.07) is 9.14. The van der Waals surface area contributed by atoms with Crippen molar-refractivity contribution < 1.29 is 18.9 Å². The molecule has 0 fully saturated rings. The summed E-state index contributed by atoms with van der Waals surface area (Å²) in [5, 5.41) is 11.7. The van der Waals surface area contributed by atoms with Gasteiger partial charge in [0.2, 0.25) is 0 Å². The maximum absolute atomic E-state index is 12.4.